The van der Waals surface area contributed by atoms with Crippen LogP contribution in [0.3, 0.4) is 0 Å². The molecular weight excluding hydrogens is 282 g/mol. The molecule has 1 aliphatic heterocycles. The van der Waals surface area contributed by atoms with E-state index >= 15 is 0 Å². The average molecular weight is 303 g/mol. The third-order valence-electron chi connectivity index (χ3n) is 4.07. The minimum Gasteiger partial charge on any atom is -0.491 e. The molecule has 112 valence electrons. The molecule has 0 saturated heterocycles. The summed E-state index contributed by atoms with van der Waals surface area (Å²) in [5, 5.41) is 11.0. The van der Waals surface area contributed by atoms with E-state index in [1.54, 1.807) is 4.88 Å². The number of nitrogens with zero attached hydrogens (tertiary/aromatic N) is 1. The van der Waals surface area contributed by atoms with Gasteiger partial charge < -0.3 is 9.84 Å². The van der Waals surface area contributed by atoms with Crippen molar-refractivity contribution in [1.29, 1.82) is 0 Å². The smallest absolute Gasteiger partial charge is 0.119 e. The molecule has 4 heteroatoms. The van der Waals surface area contributed by atoms with Gasteiger partial charge in [0.15, 0.2) is 0 Å². The van der Waals surface area contributed by atoms with E-state index in [2.05, 4.69) is 35.4 Å². The van der Waals surface area contributed by atoms with E-state index in [0.29, 0.717) is 12.6 Å². The molecule has 0 saturated carbocycles. The fraction of sp³-hybridized carbons (Fsp3) is 0.412. The molecule has 1 atom stereocenters. The van der Waals surface area contributed by atoms with E-state index in [4.69, 9.17) is 9.84 Å². The van der Waals surface area contributed by atoms with Gasteiger partial charge in [-0.2, -0.15) is 0 Å². The molecule has 21 heavy (non-hydrogen) atoms. The summed E-state index contributed by atoms with van der Waals surface area (Å²) in [5.41, 5.74) is 2.80. The Hall–Kier alpha value is -1.36. The molecule has 1 aliphatic rings. The Kier molecular flexibility index (Phi) is 4.58. The second-order valence-electron chi connectivity index (χ2n) is 5.41. The van der Waals surface area contributed by atoms with Gasteiger partial charge in [0.1, 0.15) is 12.4 Å². The van der Waals surface area contributed by atoms with Gasteiger partial charge in [0.25, 0.3) is 0 Å². The third-order valence-corrected chi connectivity index (χ3v) is 5.07. The molecule has 0 bridgehead atoms. The van der Waals surface area contributed by atoms with Gasteiger partial charge >= 0.3 is 0 Å². The molecule has 2 aromatic rings. The summed E-state index contributed by atoms with van der Waals surface area (Å²) in [7, 11) is 0. The summed E-state index contributed by atoms with van der Waals surface area (Å²) in [6, 6.07) is 10.9. The first-order valence-electron chi connectivity index (χ1n) is 7.41. The van der Waals surface area contributed by atoms with Crippen LogP contribution in [0.25, 0.3) is 0 Å². The molecule has 1 N–H and O–H groups in total. The third kappa shape index (κ3) is 3.28. The molecular formula is C17H21NO2S. The van der Waals surface area contributed by atoms with Crippen LogP contribution in [0.4, 0.5) is 0 Å². The van der Waals surface area contributed by atoms with Crippen LogP contribution >= 0.6 is 11.3 Å². The molecule has 0 unspecified atom stereocenters. The highest BCUT2D eigenvalue weighted by Gasteiger charge is 2.24. The van der Waals surface area contributed by atoms with E-state index in [1.807, 2.05) is 23.5 Å². The van der Waals surface area contributed by atoms with Crippen LogP contribution in [-0.4, -0.2) is 29.8 Å². The number of ether oxygens (including phenoxy) is 1. The minimum absolute atomic E-state index is 0.0516. The summed E-state index contributed by atoms with van der Waals surface area (Å²) in [4.78, 5) is 4.07. The zero-order valence-electron chi connectivity index (χ0n) is 12.3. The summed E-state index contributed by atoms with van der Waals surface area (Å²) in [5.74, 6) is 0.819. The lowest BCUT2D eigenvalue weighted by molar-refractivity contribution is 0.191. The maximum Gasteiger partial charge on any atom is 0.119 e. The average Bonchev–Trinajstić information content (AvgIpc) is 2.99. The predicted molar refractivity (Wildman–Crippen MR) is 85.9 cm³/mol. The van der Waals surface area contributed by atoms with E-state index in [0.717, 1.165) is 25.3 Å². The van der Waals surface area contributed by atoms with Gasteiger partial charge in [0.2, 0.25) is 0 Å². The maximum atomic E-state index is 8.76. The van der Waals surface area contributed by atoms with Crippen molar-refractivity contribution in [3.05, 3.63) is 51.7 Å². The van der Waals surface area contributed by atoms with E-state index in [1.165, 1.54) is 11.1 Å². The molecule has 2 heterocycles. The SMILES string of the molecule is C[C@H]1c2ccsc2CCN1Cc1ccc(OCCO)cc1. The lowest BCUT2D eigenvalue weighted by atomic mass is 10.0. The zero-order chi connectivity index (χ0) is 14.7. The normalized spacial score (nSPS) is 18.5. The Bertz CT molecular complexity index is 579. The van der Waals surface area contributed by atoms with E-state index in [9.17, 15) is 0 Å². The first-order chi connectivity index (χ1) is 10.3. The highest BCUT2D eigenvalue weighted by atomic mass is 32.1. The van der Waals surface area contributed by atoms with Gasteiger partial charge in [-0.15, -0.1) is 11.3 Å². The van der Waals surface area contributed by atoms with Crippen molar-refractivity contribution in [2.45, 2.75) is 25.9 Å². The van der Waals surface area contributed by atoms with Crippen LogP contribution in [0, 0.1) is 0 Å². The number of thiophene rings is 1. The van der Waals surface area contributed by atoms with Crippen molar-refractivity contribution in [2.75, 3.05) is 19.8 Å². The van der Waals surface area contributed by atoms with Gasteiger partial charge in [-0.25, -0.2) is 0 Å². The van der Waals surface area contributed by atoms with Gasteiger partial charge in [-0.05, 0) is 48.1 Å². The molecule has 0 radical (unpaired) electrons. The molecule has 0 amide bonds. The number of hydrogen-bond acceptors (Lipinski definition) is 4. The van der Waals surface area contributed by atoms with Crippen molar-refractivity contribution in [3.63, 3.8) is 0 Å². The number of aliphatic hydroxyl groups is 1. The number of benzene rings is 1. The van der Waals surface area contributed by atoms with Crippen LogP contribution in [-0.2, 0) is 13.0 Å². The van der Waals surface area contributed by atoms with Crippen LogP contribution in [0.15, 0.2) is 35.7 Å². The first-order valence-corrected chi connectivity index (χ1v) is 8.29. The predicted octanol–water partition coefficient (Wildman–Crippen LogP) is 3.24. The Morgan fingerprint density at radius 1 is 1.29 bits per heavy atom. The second-order valence-corrected chi connectivity index (χ2v) is 6.41. The van der Waals surface area contributed by atoms with Crippen molar-refractivity contribution < 1.29 is 9.84 Å². The van der Waals surface area contributed by atoms with E-state index in [-0.39, 0.29) is 6.61 Å². The van der Waals surface area contributed by atoms with Crippen molar-refractivity contribution in [1.82, 2.24) is 4.90 Å². The van der Waals surface area contributed by atoms with Gasteiger partial charge in [0.05, 0.1) is 6.61 Å². The summed E-state index contributed by atoms with van der Waals surface area (Å²) < 4.78 is 5.40. The molecule has 1 aromatic carbocycles. The lowest BCUT2D eigenvalue weighted by Crippen LogP contribution is -2.32. The Balaban J connectivity index is 1.64. The second kappa shape index (κ2) is 6.60. The molecule has 3 nitrogen and oxygen atoms in total. The largest absolute Gasteiger partial charge is 0.491 e. The van der Waals surface area contributed by atoms with Crippen LogP contribution in [0.5, 0.6) is 5.75 Å². The van der Waals surface area contributed by atoms with Gasteiger partial charge in [-0.1, -0.05) is 12.1 Å². The quantitative estimate of drug-likeness (QED) is 0.920. The highest BCUT2D eigenvalue weighted by molar-refractivity contribution is 7.10. The standard InChI is InChI=1S/C17H21NO2S/c1-13-16-7-11-21-17(16)6-8-18(13)12-14-2-4-15(5-3-14)20-10-9-19/h2-5,7,11,13,19H,6,8-10,12H2,1H3/t13-/m0/s1. The number of rotatable bonds is 5. The Labute approximate surface area is 129 Å². The van der Waals surface area contributed by atoms with Crippen molar-refractivity contribution >= 4 is 11.3 Å². The Morgan fingerprint density at radius 2 is 2.10 bits per heavy atom. The monoisotopic (exact) mass is 303 g/mol. The fourth-order valence-corrected chi connectivity index (χ4v) is 3.83. The maximum absolute atomic E-state index is 8.76. The van der Waals surface area contributed by atoms with Crippen LogP contribution in [0.2, 0.25) is 0 Å². The summed E-state index contributed by atoms with van der Waals surface area (Å²) in [6.07, 6.45) is 1.16. The summed E-state index contributed by atoms with van der Waals surface area (Å²) in [6.45, 7) is 4.79. The lowest BCUT2D eigenvalue weighted by Gasteiger charge is -2.33. The Morgan fingerprint density at radius 3 is 2.86 bits per heavy atom. The molecule has 0 fully saturated rings. The van der Waals surface area contributed by atoms with E-state index < -0.39 is 0 Å². The van der Waals surface area contributed by atoms with Gasteiger partial charge in [0, 0.05) is 24.0 Å². The molecule has 0 spiro atoms. The van der Waals surface area contributed by atoms with Crippen LogP contribution < -0.4 is 4.74 Å². The molecule has 0 aliphatic carbocycles. The van der Waals surface area contributed by atoms with Crippen LogP contribution in [0.1, 0.15) is 29.0 Å². The molecule has 1 aromatic heterocycles. The summed E-state index contributed by atoms with van der Waals surface area (Å²) >= 11 is 1.88. The van der Waals surface area contributed by atoms with Gasteiger partial charge in [-0.3, -0.25) is 4.90 Å². The topological polar surface area (TPSA) is 32.7 Å². The first kappa shape index (κ1) is 14.6. The minimum atomic E-state index is 0.0516. The van der Waals surface area contributed by atoms with Crippen molar-refractivity contribution in [3.8, 4) is 5.75 Å². The molecule has 3 rings (SSSR count). The highest BCUT2D eigenvalue weighted by Crippen LogP contribution is 2.33. The zero-order valence-corrected chi connectivity index (χ0v) is 13.1. The van der Waals surface area contributed by atoms with Crippen molar-refractivity contribution in [2.24, 2.45) is 0 Å². The number of aliphatic hydroxyl groups excluding tert-OH is 1. The number of hydrogen-bond donors (Lipinski definition) is 1. The number of fused-ring (bicyclic) bond motifs is 1. The fourth-order valence-electron chi connectivity index (χ4n) is 2.87.